The Labute approximate surface area is 228 Å². The van der Waals surface area contributed by atoms with Gasteiger partial charge in [0.2, 0.25) is 5.88 Å². The number of aromatic amines is 1. The maximum Gasteiger partial charge on any atom is 0.291 e. The van der Waals surface area contributed by atoms with Gasteiger partial charge < -0.3 is 24.2 Å². The van der Waals surface area contributed by atoms with Crippen molar-refractivity contribution < 1.29 is 18.7 Å². The van der Waals surface area contributed by atoms with Crippen LogP contribution < -0.4 is 10.1 Å². The molecule has 5 aromatic rings. The standard InChI is InChI=1S/C28H25ClN6O4/c29-22-5-4-20(32-28(36)24-2-1-10-38-24)15-21(22)26-33-23-14-19(17-31-27(23)34-26)18-3-6-25(30-16-18)39-13-9-35-7-11-37-12-8-35/h1-6,10,14-17H,7-9,11-13H2,(H,32,36)(H,31,33,34). The van der Waals surface area contributed by atoms with Crippen LogP contribution in [-0.4, -0.2) is 70.2 Å². The molecule has 0 atom stereocenters. The Morgan fingerprint density at radius 1 is 1.08 bits per heavy atom. The van der Waals surface area contributed by atoms with Crippen LogP contribution in [0.4, 0.5) is 5.69 Å². The minimum absolute atomic E-state index is 0.217. The lowest BCUT2D eigenvalue weighted by Gasteiger charge is -2.26. The highest BCUT2D eigenvalue weighted by Crippen LogP contribution is 2.31. The molecule has 0 spiro atoms. The first-order chi connectivity index (χ1) is 19.1. The number of carbonyl (C=O) groups is 1. The van der Waals surface area contributed by atoms with Gasteiger partial charge in [-0.05, 0) is 42.5 Å². The predicted octanol–water partition coefficient (Wildman–Crippen LogP) is 4.90. The second kappa shape index (κ2) is 11.2. The monoisotopic (exact) mass is 544 g/mol. The fraction of sp³-hybridized carbons (Fsp3) is 0.214. The molecule has 5 heterocycles. The van der Waals surface area contributed by atoms with E-state index in [1.807, 2.05) is 18.2 Å². The van der Waals surface area contributed by atoms with E-state index in [9.17, 15) is 4.79 Å². The quantitative estimate of drug-likeness (QED) is 0.283. The fourth-order valence-electron chi connectivity index (χ4n) is 4.31. The first-order valence-corrected chi connectivity index (χ1v) is 12.9. The van der Waals surface area contributed by atoms with Crippen LogP contribution in [0.1, 0.15) is 10.6 Å². The average Bonchev–Trinajstić information content (AvgIpc) is 3.65. The van der Waals surface area contributed by atoms with E-state index in [1.165, 1.54) is 6.26 Å². The number of imidazole rings is 1. The molecule has 0 radical (unpaired) electrons. The SMILES string of the molecule is O=C(Nc1ccc(Cl)c(-c2nc3ncc(-c4ccc(OCCN5CCOCC5)nc4)cc3[nH]2)c1)c1ccco1. The van der Waals surface area contributed by atoms with Crippen LogP contribution in [0.2, 0.25) is 5.02 Å². The minimum Gasteiger partial charge on any atom is -0.476 e. The third kappa shape index (κ3) is 5.78. The van der Waals surface area contributed by atoms with Gasteiger partial charge in [0.25, 0.3) is 5.91 Å². The summed E-state index contributed by atoms with van der Waals surface area (Å²) in [6, 6.07) is 14.2. The van der Waals surface area contributed by atoms with Crippen molar-refractivity contribution in [2.24, 2.45) is 0 Å². The van der Waals surface area contributed by atoms with Crippen LogP contribution in [0.15, 0.2) is 71.6 Å². The van der Waals surface area contributed by atoms with E-state index >= 15 is 0 Å². The summed E-state index contributed by atoms with van der Waals surface area (Å²) in [6.07, 6.45) is 4.97. The molecule has 39 heavy (non-hydrogen) atoms. The number of aromatic nitrogens is 4. The number of anilines is 1. The number of ether oxygens (including phenoxy) is 2. The molecule has 0 unspecified atom stereocenters. The number of rotatable bonds is 8. The number of nitrogens with zero attached hydrogens (tertiary/aromatic N) is 4. The first kappa shape index (κ1) is 25.1. The van der Waals surface area contributed by atoms with Gasteiger partial charge in [0.05, 0.1) is 30.0 Å². The number of carbonyl (C=O) groups excluding carboxylic acids is 1. The molecule has 0 aliphatic carbocycles. The molecule has 0 bridgehead atoms. The normalized spacial score (nSPS) is 14.0. The van der Waals surface area contributed by atoms with E-state index in [1.54, 1.807) is 42.7 Å². The van der Waals surface area contributed by atoms with Crippen LogP contribution in [-0.2, 0) is 4.74 Å². The number of amides is 1. The van der Waals surface area contributed by atoms with Crippen molar-refractivity contribution in [1.82, 2.24) is 24.8 Å². The molecule has 11 heteroatoms. The van der Waals surface area contributed by atoms with Crippen LogP contribution >= 0.6 is 11.6 Å². The highest BCUT2D eigenvalue weighted by Gasteiger charge is 2.15. The fourth-order valence-corrected chi connectivity index (χ4v) is 4.52. The lowest BCUT2D eigenvalue weighted by atomic mass is 10.1. The summed E-state index contributed by atoms with van der Waals surface area (Å²) in [5.41, 5.74) is 4.27. The molecule has 198 valence electrons. The Kier molecular flexibility index (Phi) is 7.22. The molecule has 4 aromatic heterocycles. The summed E-state index contributed by atoms with van der Waals surface area (Å²) in [4.78, 5) is 31.6. The predicted molar refractivity (Wildman–Crippen MR) is 147 cm³/mol. The van der Waals surface area contributed by atoms with Gasteiger partial charge in [-0.15, -0.1) is 0 Å². The van der Waals surface area contributed by atoms with E-state index in [4.69, 9.17) is 25.5 Å². The Morgan fingerprint density at radius 3 is 2.74 bits per heavy atom. The molecule has 1 amide bonds. The van der Waals surface area contributed by atoms with Crippen molar-refractivity contribution in [3.8, 4) is 28.4 Å². The topological polar surface area (TPSA) is 118 Å². The van der Waals surface area contributed by atoms with Gasteiger partial charge in [-0.1, -0.05) is 11.6 Å². The largest absolute Gasteiger partial charge is 0.476 e. The van der Waals surface area contributed by atoms with Crippen molar-refractivity contribution in [1.29, 1.82) is 0 Å². The van der Waals surface area contributed by atoms with E-state index in [0.717, 1.165) is 49.5 Å². The summed E-state index contributed by atoms with van der Waals surface area (Å²) in [6.45, 7) is 4.83. The van der Waals surface area contributed by atoms with Gasteiger partial charge in [-0.3, -0.25) is 9.69 Å². The zero-order valence-electron chi connectivity index (χ0n) is 20.9. The number of fused-ring (bicyclic) bond motifs is 1. The molecule has 1 saturated heterocycles. The zero-order chi connectivity index (χ0) is 26.6. The number of hydrogen-bond donors (Lipinski definition) is 2. The van der Waals surface area contributed by atoms with Crippen molar-refractivity contribution in [2.75, 3.05) is 44.8 Å². The zero-order valence-corrected chi connectivity index (χ0v) is 21.6. The third-order valence-corrected chi connectivity index (χ3v) is 6.72. The molecule has 1 aliphatic rings. The van der Waals surface area contributed by atoms with Crippen molar-refractivity contribution in [2.45, 2.75) is 0 Å². The average molecular weight is 545 g/mol. The van der Waals surface area contributed by atoms with E-state index in [-0.39, 0.29) is 11.7 Å². The highest BCUT2D eigenvalue weighted by molar-refractivity contribution is 6.33. The second-order valence-corrected chi connectivity index (χ2v) is 9.40. The number of morpholine rings is 1. The number of H-pyrrole nitrogens is 1. The lowest BCUT2D eigenvalue weighted by Crippen LogP contribution is -2.38. The van der Waals surface area contributed by atoms with Gasteiger partial charge in [-0.25, -0.2) is 15.0 Å². The van der Waals surface area contributed by atoms with Gasteiger partial charge >= 0.3 is 0 Å². The molecule has 2 N–H and O–H groups in total. The maximum absolute atomic E-state index is 12.4. The van der Waals surface area contributed by atoms with Crippen LogP contribution in [0, 0.1) is 0 Å². The summed E-state index contributed by atoms with van der Waals surface area (Å²) >= 11 is 6.48. The van der Waals surface area contributed by atoms with Gasteiger partial charge in [0, 0.05) is 60.5 Å². The second-order valence-electron chi connectivity index (χ2n) is 8.99. The molecule has 1 aliphatic heterocycles. The molecule has 1 fully saturated rings. The molecule has 1 aromatic carbocycles. The minimum atomic E-state index is -0.355. The van der Waals surface area contributed by atoms with Crippen molar-refractivity contribution in [3.63, 3.8) is 0 Å². The summed E-state index contributed by atoms with van der Waals surface area (Å²) < 4.78 is 16.4. The van der Waals surface area contributed by atoms with E-state index in [2.05, 4.69) is 30.2 Å². The number of pyridine rings is 2. The number of halogens is 1. The summed E-state index contributed by atoms with van der Waals surface area (Å²) in [7, 11) is 0. The first-order valence-electron chi connectivity index (χ1n) is 12.5. The highest BCUT2D eigenvalue weighted by atomic mass is 35.5. The van der Waals surface area contributed by atoms with Gasteiger partial charge in [0.15, 0.2) is 11.4 Å². The maximum atomic E-state index is 12.4. The van der Waals surface area contributed by atoms with Crippen LogP contribution in [0.3, 0.4) is 0 Å². The summed E-state index contributed by atoms with van der Waals surface area (Å²) in [5.74, 6) is 0.981. The number of benzene rings is 1. The molecular weight excluding hydrogens is 520 g/mol. The summed E-state index contributed by atoms with van der Waals surface area (Å²) in [5, 5.41) is 3.29. The van der Waals surface area contributed by atoms with Gasteiger partial charge in [0.1, 0.15) is 12.4 Å². The Balaban J connectivity index is 1.16. The Hall–Kier alpha value is -4.25. The Morgan fingerprint density at radius 2 is 1.95 bits per heavy atom. The number of nitrogens with one attached hydrogen (secondary N) is 2. The van der Waals surface area contributed by atoms with E-state index < -0.39 is 0 Å². The molecule has 6 rings (SSSR count). The van der Waals surface area contributed by atoms with Crippen LogP contribution in [0.5, 0.6) is 5.88 Å². The Bertz CT molecular complexity index is 1580. The number of furan rings is 1. The van der Waals surface area contributed by atoms with Crippen molar-refractivity contribution in [3.05, 3.63) is 78.0 Å². The smallest absolute Gasteiger partial charge is 0.291 e. The van der Waals surface area contributed by atoms with Gasteiger partial charge in [-0.2, -0.15) is 0 Å². The number of hydrogen-bond acceptors (Lipinski definition) is 8. The molecule has 0 saturated carbocycles. The van der Waals surface area contributed by atoms with Crippen LogP contribution in [0.25, 0.3) is 33.7 Å². The van der Waals surface area contributed by atoms with Crippen molar-refractivity contribution >= 4 is 34.4 Å². The lowest BCUT2D eigenvalue weighted by molar-refractivity contribution is 0.0320. The molecule has 10 nitrogen and oxygen atoms in total. The molecular formula is C28H25ClN6O4. The third-order valence-electron chi connectivity index (χ3n) is 6.39. The van der Waals surface area contributed by atoms with E-state index in [0.29, 0.717) is 40.2 Å².